The maximum Gasteiger partial charge on any atom is 0.523 e. The molecule has 33 heavy (non-hydrogen) atoms. The number of hydrogen-bond acceptors (Lipinski definition) is 8. The SMILES string of the molecule is O=C(OCC1OCCC(OC(=O)c2ccccc2)[C@@H]1OS(=O)(=O)C(F)(F)F)c1ccccc1. The van der Waals surface area contributed by atoms with Crippen molar-refractivity contribution in [2.24, 2.45) is 0 Å². The molecule has 1 saturated heterocycles. The van der Waals surface area contributed by atoms with E-state index in [1.807, 2.05) is 0 Å². The Kier molecular flexibility index (Phi) is 7.72. The van der Waals surface area contributed by atoms with E-state index in [1.165, 1.54) is 24.3 Å². The van der Waals surface area contributed by atoms with Gasteiger partial charge >= 0.3 is 27.6 Å². The molecule has 2 aromatic carbocycles. The first kappa shape index (κ1) is 24.7. The summed E-state index contributed by atoms with van der Waals surface area (Å²) < 4.78 is 82.3. The fourth-order valence-electron chi connectivity index (χ4n) is 3.02. The van der Waals surface area contributed by atoms with Gasteiger partial charge in [-0.15, -0.1) is 0 Å². The van der Waals surface area contributed by atoms with Gasteiger partial charge in [0.1, 0.15) is 24.9 Å². The number of carbonyl (C=O) groups excluding carboxylic acids is 2. The van der Waals surface area contributed by atoms with Crippen LogP contribution in [0.4, 0.5) is 13.2 Å². The highest BCUT2D eigenvalue weighted by molar-refractivity contribution is 7.87. The molecule has 0 aliphatic carbocycles. The molecule has 0 radical (unpaired) electrons. The zero-order valence-corrected chi connectivity index (χ0v) is 17.8. The minimum atomic E-state index is -6.07. The minimum absolute atomic E-state index is 0.105. The fourth-order valence-corrected chi connectivity index (χ4v) is 3.67. The van der Waals surface area contributed by atoms with Crippen LogP contribution >= 0.6 is 0 Å². The number of benzene rings is 2. The summed E-state index contributed by atoms with van der Waals surface area (Å²) in [6.07, 6.45) is -4.90. The molecule has 0 spiro atoms. The highest BCUT2D eigenvalue weighted by Crippen LogP contribution is 2.31. The van der Waals surface area contributed by atoms with Crippen LogP contribution < -0.4 is 0 Å². The molecule has 1 aliphatic heterocycles. The van der Waals surface area contributed by atoms with Gasteiger partial charge in [0.15, 0.2) is 0 Å². The zero-order chi connectivity index (χ0) is 24.1. The molecule has 8 nitrogen and oxygen atoms in total. The molecule has 0 N–H and O–H groups in total. The van der Waals surface area contributed by atoms with E-state index >= 15 is 0 Å². The van der Waals surface area contributed by atoms with E-state index in [-0.39, 0.29) is 24.2 Å². The topological polar surface area (TPSA) is 105 Å². The van der Waals surface area contributed by atoms with E-state index < -0.39 is 52.5 Å². The average Bonchev–Trinajstić information content (AvgIpc) is 2.79. The Morgan fingerprint density at radius 3 is 2.03 bits per heavy atom. The van der Waals surface area contributed by atoms with E-state index in [9.17, 15) is 31.2 Å². The van der Waals surface area contributed by atoms with E-state index in [1.54, 1.807) is 36.4 Å². The highest BCUT2D eigenvalue weighted by atomic mass is 32.2. The molecular weight excluding hydrogens is 469 g/mol. The fraction of sp³-hybridized carbons (Fsp3) is 0.333. The van der Waals surface area contributed by atoms with Crippen LogP contribution in [0, 0.1) is 0 Å². The van der Waals surface area contributed by atoms with Crippen molar-refractivity contribution >= 4 is 22.1 Å². The Hall–Kier alpha value is -2.96. The van der Waals surface area contributed by atoms with Crippen molar-refractivity contribution in [1.82, 2.24) is 0 Å². The maximum absolute atomic E-state index is 13.0. The largest absolute Gasteiger partial charge is 0.523 e. The summed E-state index contributed by atoms with van der Waals surface area (Å²) in [5.41, 5.74) is -5.45. The summed E-state index contributed by atoms with van der Waals surface area (Å²) in [7, 11) is -6.07. The van der Waals surface area contributed by atoms with Crippen molar-refractivity contribution in [1.29, 1.82) is 0 Å². The van der Waals surface area contributed by atoms with E-state index in [0.29, 0.717) is 0 Å². The molecule has 1 fully saturated rings. The van der Waals surface area contributed by atoms with Crippen molar-refractivity contribution in [3.8, 4) is 0 Å². The third-order valence-corrected chi connectivity index (χ3v) is 5.69. The van der Waals surface area contributed by atoms with Crippen LogP contribution in [0.25, 0.3) is 0 Å². The Bertz CT molecular complexity index is 1060. The van der Waals surface area contributed by atoms with Crippen molar-refractivity contribution in [3.63, 3.8) is 0 Å². The third-order valence-electron chi connectivity index (χ3n) is 4.64. The number of rotatable bonds is 7. The van der Waals surface area contributed by atoms with Crippen LogP contribution in [0.5, 0.6) is 0 Å². The van der Waals surface area contributed by atoms with Gasteiger partial charge in [-0.05, 0) is 24.3 Å². The second-order valence-electron chi connectivity index (χ2n) is 6.93. The monoisotopic (exact) mass is 488 g/mol. The third kappa shape index (κ3) is 6.30. The van der Waals surface area contributed by atoms with Crippen LogP contribution in [-0.2, 0) is 28.5 Å². The number of halogens is 3. The Morgan fingerprint density at radius 2 is 1.48 bits per heavy atom. The molecule has 0 amide bonds. The van der Waals surface area contributed by atoms with Crippen molar-refractivity contribution < 1.29 is 49.6 Å². The second-order valence-corrected chi connectivity index (χ2v) is 8.50. The Balaban J connectivity index is 1.79. The number of hydrogen-bond donors (Lipinski definition) is 0. The smallest absolute Gasteiger partial charge is 0.459 e. The van der Waals surface area contributed by atoms with Crippen molar-refractivity contribution in [2.45, 2.75) is 30.2 Å². The molecule has 2 aromatic rings. The van der Waals surface area contributed by atoms with E-state index in [4.69, 9.17) is 14.2 Å². The summed E-state index contributed by atoms with van der Waals surface area (Å²) in [4.78, 5) is 24.6. The molecule has 12 heteroatoms. The second kappa shape index (κ2) is 10.3. The van der Waals surface area contributed by atoms with Crippen LogP contribution in [-0.4, -0.2) is 57.4 Å². The van der Waals surface area contributed by atoms with E-state index in [0.717, 1.165) is 0 Å². The van der Waals surface area contributed by atoms with Crippen molar-refractivity contribution in [2.75, 3.05) is 13.2 Å². The van der Waals surface area contributed by atoms with Crippen LogP contribution in [0.3, 0.4) is 0 Å². The molecule has 3 atom stereocenters. The summed E-state index contributed by atoms with van der Waals surface area (Å²) in [6, 6.07) is 15.3. The lowest BCUT2D eigenvalue weighted by atomic mass is 10.0. The number of esters is 2. The normalized spacial score (nSPS) is 21.2. The van der Waals surface area contributed by atoms with Crippen molar-refractivity contribution in [3.05, 3.63) is 71.8 Å². The molecule has 0 aromatic heterocycles. The molecule has 1 aliphatic rings. The lowest BCUT2D eigenvalue weighted by molar-refractivity contribution is -0.146. The standard InChI is InChI=1S/C21H19F3O8S/c22-21(23,24)33(27,28)32-18-16(31-20(26)15-9-5-2-6-10-15)11-12-29-17(18)13-30-19(25)14-7-3-1-4-8-14/h1-10,16-18H,11-13H2/t16?,17?,18-/m0/s1. The zero-order valence-electron chi connectivity index (χ0n) is 16.9. The Morgan fingerprint density at radius 1 is 0.939 bits per heavy atom. The Labute approximate surface area is 187 Å². The average molecular weight is 488 g/mol. The van der Waals surface area contributed by atoms with Crippen LogP contribution in [0.1, 0.15) is 27.1 Å². The molecule has 1 heterocycles. The van der Waals surface area contributed by atoms with Gasteiger partial charge in [0, 0.05) is 6.42 Å². The van der Waals surface area contributed by atoms with Gasteiger partial charge in [-0.2, -0.15) is 21.6 Å². The molecular formula is C21H19F3O8S. The van der Waals surface area contributed by atoms with Crippen LogP contribution in [0.2, 0.25) is 0 Å². The van der Waals surface area contributed by atoms with E-state index in [2.05, 4.69) is 4.18 Å². The first-order valence-corrected chi connectivity index (χ1v) is 11.1. The molecule has 0 saturated carbocycles. The maximum atomic E-state index is 13.0. The lowest BCUT2D eigenvalue weighted by Crippen LogP contribution is -2.52. The quantitative estimate of drug-likeness (QED) is 0.333. The predicted molar refractivity (Wildman–Crippen MR) is 107 cm³/mol. The van der Waals surface area contributed by atoms with Gasteiger partial charge in [-0.3, -0.25) is 4.18 Å². The molecule has 3 rings (SSSR count). The highest BCUT2D eigenvalue weighted by Gasteiger charge is 2.52. The number of carbonyl (C=O) groups is 2. The van der Waals surface area contributed by atoms with Gasteiger partial charge in [0.05, 0.1) is 17.7 Å². The molecule has 0 bridgehead atoms. The summed E-state index contributed by atoms with van der Waals surface area (Å²) in [6.45, 7) is -0.739. The van der Waals surface area contributed by atoms with Gasteiger partial charge in [0.25, 0.3) is 0 Å². The summed E-state index contributed by atoms with van der Waals surface area (Å²) >= 11 is 0. The van der Waals surface area contributed by atoms with Gasteiger partial charge in [-0.25, -0.2) is 9.59 Å². The van der Waals surface area contributed by atoms with Gasteiger partial charge in [0.2, 0.25) is 0 Å². The predicted octanol–water partition coefficient (Wildman–Crippen LogP) is 3.09. The first-order valence-electron chi connectivity index (χ1n) is 9.68. The first-order chi connectivity index (χ1) is 15.6. The summed E-state index contributed by atoms with van der Waals surface area (Å²) in [5, 5.41) is 0. The van der Waals surface area contributed by atoms with Gasteiger partial charge in [-0.1, -0.05) is 36.4 Å². The minimum Gasteiger partial charge on any atom is -0.459 e. The summed E-state index contributed by atoms with van der Waals surface area (Å²) in [5.74, 6) is -1.69. The molecule has 2 unspecified atom stereocenters. The molecule has 178 valence electrons. The lowest BCUT2D eigenvalue weighted by Gasteiger charge is -2.36. The van der Waals surface area contributed by atoms with Gasteiger partial charge < -0.3 is 14.2 Å². The number of ether oxygens (including phenoxy) is 3. The number of alkyl halides is 3. The van der Waals surface area contributed by atoms with Crippen LogP contribution in [0.15, 0.2) is 60.7 Å².